The number of nitrogens with two attached hydrogens (primary N) is 1. The predicted molar refractivity (Wildman–Crippen MR) is 85.8 cm³/mol. The van der Waals surface area contributed by atoms with E-state index in [1.165, 1.54) is 11.1 Å². The van der Waals surface area contributed by atoms with Crippen molar-refractivity contribution in [1.82, 2.24) is 9.88 Å². The second kappa shape index (κ2) is 6.97. The molecule has 2 N–H and O–H groups in total. The van der Waals surface area contributed by atoms with Crippen LogP contribution in [0.1, 0.15) is 36.2 Å². The second-order valence-electron chi connectivity index (χ2n) is 5.27. The van der Waals surface area contributed by atoms with E-state index in [1.54, 1.807) is 11.3 Å². The fourth-order valence-corrected chi connectivity index (χ4v) is 3.16. The van der Waals surface area contributed by atoms with Gasteiger partial charge in [-0.25, -0.2) is 4.98 Å². The van der Waals surface area contributed by atoms with Gasteiger partial charge in [0.2, 0.25) is 0 Å². The average Bonchev–Trinajstić information content (AvgIpc) is 2.93. The van der Waals surface area contributed by atoms with Gasteiger partial charge in [0.05, 0.1) is 17.2 Å². The molecule has 0 saturated carbocycles. The number of likely N-dealkylation sites (N-methyl/N-ethyl adjacent to an activating group) is 1. The molecule has 108 valence electrons. The van der Waals surface area contributed by atoms with Gasteiger partial charge < -0.3 is 5.73 Å². The molecule has 2 aromatic rings. The van der Waals surface area contributed by atoms with E-state index in [0.717, 1.165) is 18.7 Å². The quantitative estimate of drug-likeness (QED) is 0.886. The third kappa shape index (κ3) is 3.45. The number of rotatable bonds is 6. The van der Waals surface area contributed by atoms with E-state index in [9.17, 15) is 0 Å². The lowest BCUT2D eigenvalue weighted by molar-refractivity contribution is 0.199. The molecule has 2 atom stereocenters. The number of nitrogens with zero attached hydrogens (tertiary/aromatic N) is 2. The Bertz CT molecular complexity index is 524. The highest BCUT2D eigenvalue weighted by Crippen LogP contribution is 2.27. The molecule has 3 nitrogen and oxygen atoms in total. The fraction of sp³-hybridized carbons (Fsp3) is 0.438. The fourth-order valence-electron chi connectivity index (χ4n) is 2.61. The number of hydrogen-bond acceptors (Lipinski definition) is 4. The first-order valence-electron chi connectivity index (χ1n) is 7.02. The second-order valence-corrected chi connectivity index (χ2v) is 5.99. The van der Waals surface area contributed by atoms with Crippen LogP contribution >= 0.6 is 11.3 Å². The largest absolute Gasteiger partial charge is 0.326 e. The highest BCUT2D eigenvalue weighted by molar-refractivity contribution is 7.07. The molecular weight excluding hydrogens is 266 g/mol. The standard InChI is InChI=1S/C16H23N3S/c1-4-15(17)16(14-8-6-5-7-12(14)2)19(3)9-13-10-20-11-18-13/h5-8,10-11,15-16H,4,9,17H2,1-3H3. The van der Waals surface area contributed by atoms with Crippen molar-refractivity contribution in [2.75, 3.05) is 7.05 Å². The molecule has 20 heavy (non-hydrogen) atoms. The van der Waals surface area contributed by atoms with Crippen LogP contribution in [-0.2, 0) is 6.54 Å². The molecule has 0 aliphatic carbocycles. The average molecular weight is 289 g/mol. The highest BCUT2D eigenvalue weighted by Gasteiger charge is 2.24. The van der Waals surface area contributed by atoms with Gasteiger partial charge in [-0.05, 0) is 31.5 Å². The maximum absolute atomic E-state index is 6.39. The molecule has 0 aliphatic heterocycles. The minimum atomic E-state index is 0.125. The van der Waals surface area contributed by atoms with Crippen molar-refractivity contribution in [2.24, 2.45) is 5.73 Å². The molecule has 1 heterocycles. The first kappa shape index (κ1) is 15.2. The van der Waals surface area contributed by atoms with E-state index in [0.29, 0.717) is 0 Å². The summed E-state index contributed by atoms with van der Waals surface area (Å²) >= 11 is 1.64. The van der Waals surface area contributed by atoms with Gasteiger partial charge in [-0.3, -0.25) is 4.90 Å². The Kier molecular flexibility index (Phi) is 5.29. The molecule has 2 unspecified atom stereocenters. The van der Waals surface area contributed by atoms with Crippen LogP contribution < -0.4 is 5.73 Å². The minimum Gasteiger partial charge on any atom is -0.326 e. The lowest BCUT2D eigenvalue weighted by Gasteiger charge is -2.33. The van der Waals surface area contributed by atoms with Gasteiger partial charge in [-0.2, -0.15) is 0 Å². The predicted octanol–water partition coefficient (Wildman–Crippen LogP) is 3.36. The zero-order valence-electron chi connectivity index (χ0n) is 12.4. The molecule has 4 heteroatoms. The molecular formula is C16H23N3S. The van der Waals surface area contributed by atoms with Gasteiger partial charge in [0.1, 0.15) is 0 Å². The monoisotopic (exact) mass is 289 g/mol. The number of aromatic nitrogens is 1. The molecule has 1 aromatic heterocycles. The Balaban J connectivity index is 2.25. The zero-order valence-corrected chi connectivity index (χ0v) is 13.2. The van der Waals surface area contributed by atoms with Gasteiger partial charge in [-0.15, -0.1) is 11.3 Å². The summed E-state index contributed by atoms with van der Waals surface area (Å²) in [5.41, 5.74) is 12.0. The van der Waals surface area contributed by atoms with Crippen LogP contribution in [0.3, 0.4) is 0 Å². The van der Waals surface area contributed by atoms with Gasteiger partial charge in [0, 0.05) is 18.0 Å². The third-order valence-electron chi connectivity index (χ3n) is 3.75. The lowest BCUT2D eigenvalue weighted by Crippen LogP contribution is -2.39. The number of thiazole rings is 1. The molecule has 1 aromatic carbocycles. The summed E-state index contributed by atoms with van der Waals surface area (Å²) in [5, 5.41) is 2.10. The summed E-state index contributed by atoms with van der Waals surface area (Å²) in [6.07, 6.45) is 0.959. The highest BCUT2D eigenvalue weighted by atomic mass is 32.1. The molecule has 0 radical (unpaired) electrons. The molecule has 0 aliphatic rings. The smallest absolute Gasteiger partial charge is 0.0795 e. The van der Waals surface area contributed by atoms with E-state index in [-0.39, 0.29) is 12.1 Å². The normalized spacial score (nSPS) is 14.4. The summed E-state index contributed by atoms with van der Waals surface area (Å²) in [4.78, 5) is 6.69. The van der Waals surface area contributed by atoms with E-state index < -0.39 is 0 Å². The minimum absolute atomic E-state index is 0.125. The van der Waals surface area contributed by atoms with Crippen LogP contribution in [0.5, 0.6) is 0 Å². The van der Waals surface area contributed by atoms with Crippen LogP contribution in [0.4, 0.5) is 0 Å². The Labute approximate surface area is 125 Å². The number of aryl methyl sites for hydroxylation is 1. The third-order valence-corrected chi connectivity index (χ3v) is 4.39. The van der Waals surface area contributed by atoms with E-state index in [4.69, 9.17) is 5.73 Å². The van der Waals surface area contributed by atoms with Gasteiger partial charge in [0.25, 0.3) is 0 Å². The van der Waals surface area contributed by atoms with Gasteiger partial charge in [0.15, 0.2) is 0 Å². The molecule has 0 spiro atoms. The van der Waals surface area contributed by atoms with Crippen molar-refractivity contribution >= 4 is 11.3 Å². The van der Waals surface area contributed by atoms with Crippen LogP contribution in [0, 0.1) is 6.92 Å². The van der Waals surface area contributed by atoms with Crippen molar-refractivity contribution in [3.8, 4) is 0 Å². The van der Waals surface area contributed by atoms with Crippen LogP contribution in [0.15, 0.2) is 35.2 Å². The first-order chi connectivity index (χ1) is 9.63. The maximum atomic E-state index is 6.39. The van der Waals surface area contributed by atoms with Gasteiger partial charge >= 0.3 is 0 Å². The number of benzene rings is 1. The summed E-state index contributed by atoms with van der Waals surface area (Å²) in [6.45, 7) is 5.13. The Morgan fingerprint density at radius 1 is 1.35 bits per heavy atom. The van der Waals surface area contributed by atoms with Crippen molar-refractivity contribution in [3.05, 3.63) is 52.0 Å². The molecule has 2 rings (SSSR count). The van der Waals surface area contributed by atoms with Gasteiger partial charge in [-0.1, -0.05) is 31.2 Å². The number of hydrogen-bond donors (Lipinski definition) is 1. The van der Waals surface area contributed by atoms with Crippen molar-refractivity contribution in [2.45, 2.75) is 38.9 Å². The van der Waals surface area contributed by atoms with Crippen LogP contribution in [-0.4, -0.2) is 23.0 Å². The molecule has 0 fully saturated rings. The first-order valence-corrected chi connectivity index (χ1v) is 7.96. The lowest BCUT2D eigenvalue weighted by atomic mass is 9.93. The molecule has 0 amide bonds. The Morgan fingerprint density at radius 2 is 2.10 bits per heavy atom. The SMILES string of the molecule is CCC(N)C(c1ccccc1C)N(C)Cc1cscn1. The van der Waals surface area contributed by atoms with Crippen molar-refractivity contribution < 1.29 is 0 Å². The zero-order chi connectivity index (χ0) is 14.5. The molecule has 0 bridgehead atoms. The summed E-state index contributed by atoms with van der Waals surface area (Å²) in [7, 11) is 2.13. The summed E-state index contributed by atoms with van der Waals surface area (Å²) in [5.74, 6) is 0. The summed E-state index contributed by atoms with van der Waals surface area (Å²) < 4.78 is 0. The van der Waals surface area contributed by atoms with E-state index >= 15 is 0 Å². The van der Waals surface area contributed by atoms with E-state index in [2.05, 4.69) is 60.4 Å². The van der Waals surface area contributed by atoms with Crippen LogP contribution in [0.2, 0.25) is 0 Å². The van der Waals surface area contributed by atoms with Crippen LogP contribution in [0.25, 0.3) is 0 Å². The maximum Gasteiger partial charge on any atom is 0.0795 e. The van der Waals surface area contributed by atoms with Crippen molar-refractivity contribution in [3.63, 3.8) is 0 Å². The van der Waals surface area contributed by atoms with Crippen molar-refractivity contribution in [1.29, 1.82) is 0 Å². The Hall–Kier alpha value is -1.23. The topological polar surface area (TPSA) is 42.1 Å². The summed E-state index contributed by atoms with van der Waals surface area (Å²) in [6, 6.07) is 8.86. The molecule has 0 saturated heterocycles. The van der Waals surface area contributed by atoms with E-state index in [1.807, 2.05) is 5.51 Å². The Morgan fingerprint density at radius 3 is 2.70 bits per heavy atom.